The predicted molar refractivity (Wildman–Crippen MR) is 137 cm³/mol. The first-order valence-electron chi connectivity index (χ1n) is 11.5. The first-order valence-corrected chi connectivity index (χ1v) is 13.5. The number of ether oxygens (including phenoxy) is 1. The van der Waals surface area contributed by atoms with Crippen molar-refractivity contribution in [2.24, 2.45) is 0 Å². The van der Waals surface area contributed by atoms with Crippen molar-refractivity contribution in [3.63, 3.8) is 0 Å². The van der Waals surface area contributed by atoms with Crippen molar-refractivity contribution in [1.82, 2.24) is 0 Å². The fourth-order valence-electron chi connectivity index (χ4n) is 2.74. The van der Waals surface area contributed by atoms with Gasteiger partial charge in [0, 0.05) is 20.1 Å². The van der Waals surface area contributed by atoms with Gasteiger partial charge in [0.15, 0.2) is 0 Å². The van der Waals surface area contributed by atoms with E-state index in [1.54, 1.807) is 7.11 Å². The lowest BCUT2D eigenvalue weighted by Gasteiger charge is -2.35. The van der Waals surface area contributed by atoms with Gasteiger partial charge in [-0.2, -0.15) is 0 Å². The minimum atomic E-state index is 0.332. The van der Waals surface area contributed by atoms with Gasteiger partial charge in [-0.1, -0.05) is 50.5 Å². The Bertz CT molecular complexity index is 417. The molecule has 1 fully saturated rings. The lowest BCUT2D eigenvalue weighted by molar-refractivity contribution is -0.107. The Morgan fingerprint density at radius 2 is 1.69 bits per heavy atom. The molecule has 0 amide bonds. The highest BCUT2D eigenvalue weighted by Gasteiger charge is 2.31. The second-order valence-corrected chi connectivity index (χ2v) is 10.7. The van der Waals surface area contributed by atoms with E-state index in [2.05, 4.69) is 63.4 Å². The SMILES string of the molecule is CC.CC(C)=CCC/C(C)=C\CC1(CCCC=O)SCCCS1.CCCCOC. The molecule has 1 saturated heterocycles. The Hall–Kier alpha value is -0.190. The molecule has 0 aromatic heterocycles. The monoisotopic (exact) mass is 444 g/mol. The van der Waals surface area contributed by atoms with Crippen LogP contribution in [0.1, 0.15) is 99.3 Å². The molecule has 1 aliphatic rings. The fraction of sp³-hybridized carbons (Fsp3) is 0.800. The fourth-order valence-corrected chi connectivity index (χ4v) is 6.06. The maximum Gasteiger partial charge on any atom is 0.119 e. The first kappa shape index (κ1) is 31.0. The predicted octanol–water partition coefficient (Wildman–Crippen LogP) is 8.46. The van der Waals surface area contributed by atoms with E-state index >= 15 is 0 Å². The minimum absolute atomic E-state index is 0.332. The van der Waals surface area contributed by atoms with Gasteiger partial charge < -0.3 is 9.53 Å². The smallest absolute Gasteiger partial charge is 0.119 e. The number of hydrogen-bond donors (Lipinski definition) is 0. The summed E-state index contributed by atoms with van der Waals surface area (Å²) in [5.41, 5.74) is 2.92. The van der Waals surface area contributed by atoms with E-state index < -0.39 is 0 Å². The summed E-state index contributed by atoms with van der Waals surface area (Å²) in [6.07, 6.45) is 16.0. The number of carbonyl (C=O) groups is 1. The molecule has 4 heteroatoms. The third kappa shape index (κ3) is 19.5. The molecule has 0 radical (unpaired) electrons. The van der Waals surface area contributed by atoms with E-state index in [9.17, 15) is 4.79 Å². The molecule has 2 nitrogen and oxygen atoms in total. The van der Waals surface area contributed by atoms with Crippen molar-refractivity contribution < 1.29 is 9.53 Å². The lowest BCUT2D eigenvalue weighted by atomic mass is 10.1. The Morgan fingerprint density at radius 3 is 2.17 bits per heavy atom. The van der Waals surface area contributed by atoms with Gasteiger partial charge in [-0.05, 0) is 77.2 Å². The molecule has 0 aromatic rings. The highest BCUT2D eigenvalue weighted by Crippen LogP contribution is 2.48. The van der Waals surface area contributed by atoms with Crippen molar-refractivity contribution >= 4 is 29.8 Å². The van der Waals surface area contributed by atoms with Crippen LogP contribution in [-0.4, -0.2) is 35.6 Å². The van der Waals surface area contributed by atoms with Crippen molar-refractivity contribution in [3.05, 3.63) is 23.3 Å². The number of unbranched alkanes of at least 4 members (excludes halogenated alkanes) is 2. The number of carbonyl (C=O) groups excluding carboxylic acids is 1. The van der Waals surface area contributed by atoms with Crippen LogP contribution in [0, 0.1) is 0 Å². The largest absolute Gasteiger partial charge is 0.385 e. The number of thioether (sulfide) groups is 2. The molecule has 172 valence electrons. The van der Waals surface area contributed by atoms with Crippen LogP contribution in [0.3, 0.4) is 0 Å². The summed E-state index contributed by atoms with van der Waals surface area (Å²) < 4.78 is 5.11. The number of rotatable bonds is 12. The number of methoxy groups -OCH3 is 1. The molecule has 0 spiro atoms. The molecule has 0 aromatic carbocycles. The molecular weight excluding hydrogens is 396 g/mol. The second-order valence-electron chi connectivity index (χ2n) is 7.44. The lowest BCUT2D eigenvalue weighted by Crippen LogP contribution is -2.24. The van der Waals surface area contributed by atoms with Gasteiger partial charge in [0.25, 0.3) is 0 Å². The zero-order valence-electron chi connectivity index (χ0n) is 20.4. The summed E-state index contributed by atoms with van der Waals surface area (Å²) in [7, 11) is 1.73. The van der Waals surface area contributed by atoms with E-state index in [0.29, 0.717) is 10.5 Å². The average Bonchev–Trinajstić information content (AvgIpc) is 2.73. The maximum absolute atomic E-state index is 10.6. The van der Waals surface area contributed by atoms with E-state index in [1.165, 1.54) is 54.8 Å². The standard InChI is InChI=1S/C18H30OS2.C5H12O.C2H6/c1-16(2)8-6-9-17(3)10-12-18(11-4-5-13-19)20-14-7-15-21-18;1-3-4-5-6-2;1-2/h8,10,13H,4-7,9,11-12,14-15H2,1-3H3;3-5H2,1-2H3;1-2H3/b17-10-;;. The molecule has 0 saturated carbocycles. The molecule has 0 bridgehead atoms. The van der Waals surface area contributed by atoms with Crippen LogP contribution in [0.2, 0.25) is 0 Å². The highest BCUT2D eigenvalue weighted by molar-refractivity contribution is 8.18. The summed E-state index contributed by atoms with van der Waals surface area (Å²) in [5.74, 6) is 2.55. The Morgan fingerprint density at radius 1 is 1.03 bits per heavy atom. The minimum Gasteiger partial charge on any atom is -0.385 e. The van der Waals surface area contributed by atoms with Gasteiger partial charge in [0.1, 0.15) is 6.29 Å². The van der Waals surface area contributed by atoms with Crippen molar-refractivity contribution in [2.45, 2.75) is 103 Å². The Kier molecular flexibility index (Phi) is 24.0. The van der Waals surface area contributed by atoms with Gasteiger partial charge >= 0.3 is 0 Å². The van der Waals surface area contributed by atoms with Gasteiger partial charge in [-0.3, -0.25) is 0 Å². The van der Waals surface area contributed by atoms with Crippen LogP contribution in [0.15, 0.2) is 23.3 Å². The van der Waals surface area contributed by atoms with Gasteiger partial charge in [-0.25, -0.2) is 0 Å². The zero-order chi connectivity index (χ0) is 22.4. The quantitative estimate of drug-likeness (QED) is 0.171. The zero-order valence-corrected chi connectivity index (χ0v) is 22.0. The molecule has 0 N–H and O–H groups in total. The normalized spacial score (nSPS) is 15.3. The summed E-state index contributed by atoms with van der Waals surface area (Å²) >= 11 is 4.24. The highest BCUT2D eigenvalue weighted by atomic mass is 32.2. The second kappa shape index (κ2) is 22.5. The van der Waals surface area contributed by atoms with Gasteiger partial charge in [0.05, 0.1) is 4.08 Å². The van der Waals surface area contributed by atoms with Crippen LogP contribution >= 0.6 is 23.5 Å². The first-order chi connectivity index (χ1) is 14.0. The summed E-state index contributed by atoms with van der Waals surface area (Å²) in [4.78, 5) is 10.6. The van der Waals surface area contributed by atoms with Gasteiger partial charge in [-0.15, -0.1) is 23.5 Å². The van der Waals surface area contributed by atoms with Crippen LogP contribution in [0.4, 0.5) is 0 Å². The Labute approximate surface area is 191 Å². The van der Waals surface area contributed by atoms with Crippen LogP contribution in [0.25, 0.3) is 0 Å². The van der Waals surface area contributed by atoms with Crippen LogP contribution in [-0.2, 0) is 9.53 Å². The molecule has 0 atom stereocenters. The molecule has 1 aliphatic heterocycles. The number of hydrogen-bond acceptors (Lipinski definition) is 4. The summed E-state index contributed by atoms with van der Waals surface area (Å²) in [6, 6.07) is 0. The molecule has 0 aliphatic carbocycles. The van der Waals surface area contributed by atoms with Crippen LogP contribution in [0.5, 0.6) is 0 Å². The third-order valence-corrected chi connectivity index (χ3v) is 7.94. The molecule has 29 heavy (non-hydrogen) atoms. The van der Waals surface area contributed by atoms with E-state index in [-0.39, 0.29) is 0 Å². The Balaban J connectivity index is 0. The van der Waals surface area contributed by atoms with Crippen molar-refractivity contribution in [2.75, 3.05) is 25.2 Å². The van der Waals surface area contributed by atoms with Gasteiger partial charge in [0.2, 0.25) is 0 Å². The van der Waals surface area contributed by atoms with Crippen molar-refractivity contribution in [3.8, 4) is 0 Å². The van der Waals surface area contributed by atoms with Crippen molar-refractivity contribution in [1.29, 1.82) is 0 Å². The number of aldehydes is 1. The molecular formula is C25H48O2S2. The van der Waals surface area contributed by atoms with Crippen LogP contribution < -0.4 is 0 Å². The van der Waals surface area contributed by atoms with E-state index in [1.807, 2.05) is 13.8 Å². The molecule has 1 rings (SSSR count). The molecule has 0 unspecified atom stereocenters. The van der Waals surface area contributed by atoms with E-state index in [0.717, 1.165) is 32.2 Å². The molecule has 1 heterocycles. The topological polar surface area (TPSA) is 26.3 Å². The number of allylic oxidation sites excluding steroid dienone is 4. The van der Waals surface area contributed by atoms with E-state index in [4.69, 9.17) is 4.74 Å². The summed E-state index contributed by atoms with van der Waals surface area (Å²) in [6.45, 7) is 13.7. The summed E-state index contributed by atoms with van der Waals surface area (Å²) in [5, 5.41) is 0. The maximum atomic E-state index is 10.6. The average molecular weight is 445 g/mol. The third-order valence-electron chi connectivity index (χ3n) is 4.45.